The summed E-state index contributed by atoms with van der Waals surface area (Å²) in [6.07, 6.45) is 0.647. The lowest BCUT2D eigenvalue weighted by molar-refractivity contribution is 0.0354. The molecule has 1 aromatic carbocycles. The number of amides is 2. The first-order chi connectivity index (χ1) is 12.5. The number of hydrogen-bond donors (Lipinski definition) is 1. The molecule has 0 aliphatic heterocycles. The van der Waals surface area contributed by atoms with Crippen LogP contribution >= 0.6 is 23.2 Å². The maximum Gasteiger partial charge on any atom is 0.275 e. The molecule has 0 aliphatic carbocycles. The summed E-state index contributed by atoms with van der Waals surface area (Å²) in [6, 6.07) is 7.07. The van der Waals surface area contributed by atoms with Crippen LogP contribution in [0.4, 0.5) is 4.39 Å². The first-order valence-corrected chi connectivity index (χ1v) is 9.05. The monoisotopic (exact) mass is 411 g/mol. The van der Waals surface area contributed by atoms with Gasteiger partial charge in [-0.05, 0) is 57.0 Å². The summed E-state index contributed by atoms with van der Waals surface area (Å²) in [5.41, 5.74) is 2.47. The van der Waals surface area contributed by atoms with Crippen LogP contribution in [0.1, 0.15) is 54.0 Å². The molecule has 2 rings (SSSR count). The summed E-state index contributed by atoms with van der Waals surface area (Å²) in [4.78, 5) is 29.3. The van der Waals surface area contributed by atoms with Gasteiger partial charge in [0.05, 0.1) is 11.1 Å². The molecule has 1 heterocycles. The average molecular weight is 412 g/mol. The van der Waals surface area contributed by atoms with E-state index in [1.54, 1.807) is 26.8 Å². The number of benzene rings is 1. The van der Waals surface area contributed by atoms with Gasteiger partial charge < -0.3 is 0 Å². The smallest absolute Gasteiger partial charge is 0.267 e. The highest BCUT2D eigenvalue weighted by atomic mass is 35.5. The van der Waals surface area contributed by atoms with Crippen LogP contribution in [0.25, 0.3) is 0 Å². The van der Waals surface area contributed by atoms with Crippen LogP contribution in [0.5, 0.6) is 0 Å². The lowest BCUT2D eigenvalue weighted by Crippen LogP contribution is -2.56. The van der Waals surface area contributed by atoms with Gasteiger partial charge in [0, 0.05) is 5.56 Å². The lowest BCUT2D eigenvalue weighted by atomic mass is 10.0. The fraction of sp³-hybridized carbons (Fsp3) is 0.316. The zero-order valence-electron chi connectivity index (χ0n) is 15.4. The third-order valence-electron chi connectivity index (χ3n) is 3.78. The van der Waals surface area contributed by atoms with Crippen LogP contribution in [0, 0.1) is 5.82 Å². The molecule has 144 valence electrons. The maximum absolute atomic E-state index is 14.4. The summed E-state index contributed by atoms with van der Waals surface area (Å²) >= 11 is 11.6. The first kappa shape index (κ1) is 21.1. The second-order valence-corrected chi connectivity index (χ2v) is 7.70. The topological polar surface area (TPSA) is 62.3 Å². The van der Waals surface area contributed by atoms with Crippen molar-refractivity contribution in [2.24, 2.45) is 0 Å². The minimum atomic E-state index is -0.816. The molecule has 0 saturated heterocycles. The van der Waals surface area contributed by atoms with Crippen molar-refractivity contribution in [1.29, 1.82) is 0 Å². The number of rotatable bonds is 3. The SMILES string of the molecule is CCc1ccc(C(=O)N(NC(=O)c2cc(Cl)nc(Cl)c2)C(C)(C)C)c(F)c1. The predicted molar refractivity (Wildman–Crippen MR) is 103 cm³/mol. The molecular formula is C19H20Cl2FN3O2. The van der Waals surface area contributed by atoms with Gasteiger partial charge in [-0.3, -0.25) is 15.0 Å². The largest absolute Gasteiger partial charge is 0.275 e. The summed E-state index contributed by atoms with van der Waals surface area (Å²) in [7, 11) is 0. The van der Waals surface area contributed by atoms with Crippen molar-refractivity contribution in [3.05, 3.63) is 63.1 Å². The Labute approximate surface area is 167 Å². The van der Waals surface area contributed by atoms with Gasteiger partial charge in [0.2, 0.25) is 0 Å². The number of nitrogens with one attached hydrogen (secondary N) is 1. The Morgan fingerprint density at radius 3 is 2.22 bits per heavy atom. The molecule has 5 nitrogen and oxygen atoms in total. The zero-order valence-corrected chi connectivity index (χ0v) is 17.0. The maximum atomic E-state index is 14.4. The Bertz CT molecular complexity index is 861. The predicted octanol–water partition coefficient (Wildman–Crippen LogP) is 4.68. The molecule has 2 amide bonds. The summed E-state index contributed by atoms with van der Waals surface area (Å²) in [6.45, 7) is 7.05. The Kier molecular flexibility index (Phi) is 6.44. The number of hydrogen-bond acceptors (Lipinski definition) is 3. The molecule has 0 bridgehead atoms. The standard InChI is InChI=1S/C19H20Cl2FN3O2/c1-5-11-6-7-13(14(22)8-11)18(27)25(19(2,3)4)24-17(26)12-9-15(20)23-16(21)10-12/h6-10H,5H2,1-4H3,(H,24,26). The fourth-order valence-electron chi connectivity index (χ4n) is 2.36. The van der Waals surface area contributed by atoms with E-state index in [0.29, 0.717) is 6.42 Å². The fourth-order valence-corrected chi connectivity index (χ4v) is 2.82. The van der Waals surface area contributed by atoms with Gasteiger partial charge in [0.1, 0.15) is 16.1 Å². The molecule has 2 aromatic rings. The number of halogens is 3. The summed E-state index contributed by atoms with van der Waals surface area (Å²) in [5, 5.41) is 1.17. The van der Waals surface area contributed by atoms with Gasteiger partial charge in [-0.2, -0.15) is 0 Å². The van der Waals surface area contributed by atoms with Gasteiger partial charge in [-0.1, -0.05) is 36.2 Å². The summed E-state index contributed by atoms with van der Waals surface area (Å²) in [5.74, 6) is -1.92. The molecule has 27 heavy (non-hydrogen) atoms. The van der Waals surface area contributed by atoms with Gasteiger partial charge in [0.25, 0.3) is 11.8 Å². The lowest BCUT2D eigenvalue weighted by Gasteiger charge is -2.35. The first-order valence-electron chi connectivity index (χ1n) is 8.30. The Morgan fingerprint density at radius 2 is 1.74 bits per heavy atom. The highest BCUT2D eigenvalue weighted by Crippen LogP contribution is 2.20. The molecule has 0 aliphatic rings. The third kappa shape index (κ3) is 5.17. The van der Waals surface area contributed by atoms with Gasteiger partial charge in [-0.15, -0.1) is 0 Å². The molecule has 1 N–H and O–H groups in total. The molecule has 0 unspecified atom stereocenters. The number of hydrazine groups is 1. The average Bonchev–Trinajstić information content (AvgIpc) is 2.56. The molecule has 8 heteroatoms. The van der Waals surface area contributed by atoms with E-state index in [4.69, 9.17) is 23.2 Å². The molecule has 0 saturated carbocycles. The van der Waals surface area contributed by atoms with E-state index in [2.05, 4.69) is 10.4 Å². The van der Waals surface area contributed by atoms with Crippen LogP contribution in [0.15, 0.2) is 30.3 Å². The van der Waals surface area contributed by atoms with Crippen molar-refractivity contribution in [1.82, 2.24) is 15.4 Å². The van der Waals surface area contributed by atoms with Crippen LogP contribution in [-0.4, -0.2) is 27.3 Å². The Balaban J connectivity index is 2.35. The molecule has 0 spiro atoms. The summed E-state index contributed by atoms with van der Waals surface area (Å²) < 4.78 is 14.4. The van der Waals surface area contributed by atoms with Gasteiger partial charge in [0.15, 0.2) is 0 Å². The molecule has 1 aromatic heterocycles. The van der Waals surface area contributed by atoms with Crippen LogP contribution < -0.4 is 5.43 Å². The van der Waals surface area contributed by atoms with E-state index >= 15 is 0 Å². The van der Waals surface area contributed by atoms with Gasteiger partial charge >= 0.3 is 0 Å². The number of carbonyl (C=O) groups excluding carboxylic acids is 2. The van der Waals surface area contributed by atoms with E-state index in [-0.39, 0.29) is 21.4 Å². The minimum Gasteiger partial charge on any atom is -0.267 e. The number of aromatic nitrogens is 1. The molecule has 0 radical (unpaired) electrons. The van der Waals surface area contributed by atoms with E-state index in [9.17, 15) is 14.0 Å². The zero-order chi connectivity index (χ0) is 20.4. The minimum absolute atomic E-state index is 0.0440. The number of pyridine rings is 1. The molecule has 0 atom stereocenters. The van der Waals surface area contributed by atoms with Crippen molar-refractivity contribution < 1.29 is 14.0 Å². The van der Waals surface area contributed by atoms with Crippen molar-refractivity contribution in [2.45, 2.75) is 39.7 Å². The Morgan fingerprint density at radius 1 is 1.15 bits per heavy atom. The Hall–Kier alpha value is -2.18. The molecule has 0 fully saturated rings. The number of carbonyl (C=O) groups is 2. The van der Waals surface area contributed by atoms with Crippen molar-refractivity contribution in [3.63, 3.8) is 0 Å². The quantitative estimate of drug-likeness (QED) is 0.589. The number of aryl methyl sites for hydroxylation is 1. The third-order valence-corrected chi connectivity index (χ3v) is 4.17. The van der Waals surface area contributed by atoms with Crippen molar-refractivity contribution in [3.8, 4) is 0 Å². The van der Waals surface area contributed by atoms with Crippen LogP contribution in [0.2, 0.25) is 10.3 Å². The highest BCUT2D eigenvalue weighted by molar-refractivity contribution is 6.33. The van der Waals surface area contributed by atoms with Crippen LogP contribution in [0.3, 0.4) is 0 Å². The highest BCUT2D eigenvalue weighted by Gasteiger charge is 2.31. The van der Waals surface area contributed by atoms with Crippen molar-refractivity contribution >= 4 is 35.0 Å². The van der Waals surface area contributed by atoms with E-state index in [1.807, 2.05) is 6.92 Å². The van der Waals surface area contributed by atoms with E-state index < -0.39 is 23.2 Å². The van der Waals surface area contributed by atoms with Crippen LogP contribution in [-0.2, 0) is 6.42 Å². The normalized spacial score (nSPS) is 11.2. The second-order valence-electron chi connectivity index (χ2n) is 6.92. The molecular weight excluding hydrogens is 392 g/mol. The van der Waals surface area contributed by atoms with E-state index in [1.165, 1.54) is 24.3 Å². The van der Waals surface area contributed by atoms with Crippen molar-refractivity contribution in [2.75, 3.05) is 0 Å². The van der Waals surface area contributed by atoms with Gasteiger partial charge in [-0.25, -0.2) is 14.4 Å². The second kappa shape index (κ2) is 8.23. The number of nitrogens with zero attached hydrogens (tertiary/aromatic N) is 2. The van der Waals surface area contributed by atoms with E-state index in [0.717, 1.165) is 10.6 Å².